The highest BCUT2D eigenvalue weighted by Gasteiger charge is 2.47. The Morgan fingerprint density at radius 3 is 2.29 bits per heavy atom. The Bertz CT molecular complexity index is 605. The number of hydrogen-bond acceptors (Lipinski definition) is 1. The molecule has 2 aromatic rings. The molecule has 2 heteroatoms. The molecular formula is C19H18O2. The van der Waals surface area contributed by atoms with Crippen molar-refractivity contribution >= 4 is 0 Å². The van der Waals surface area contributed by atoms with Gasteiger partial charge in [-0.2, -0.15) is 0 Å². The molecular weight excluding hydrogens is 260 g/mol. The second-order valence-electron chi connectivity index (χ2n) is 6.24. The van der Waals surface area contributed by atoms with E-state index in [1.54, 1.807) is 0 Å². The number of hydrogen-bond donors (Lipinski definition) is 0. The molecule has 21 heavy (non-hydrogen) atoms. The third kappa shape index (κ3) is 2.44. The normalized spacial score (nSPS) is 30.5. The van der Waals surface area contributed by atoms with E-state index in [1.165, 1.54) is 11.1 Å². The van der Waals surface area contributed by atoms with E-state index in [2.05, 4.69) is 18.2 Å². The Hall–Kier alpha value is -1.80. The topological polar surface area (TPSA) is 29.1 Å². The molecule has 0 amide bonds. The van der Waals surface area contributed by atoms with E-state index in [9.17, 15) is 5.11 Å². The van der Waals surface area contributed by atoms with Crippen LogP contribution in [0.2, 0.25) is 0 Å². The van der Waals surface area contributed by atoms with Gasteiger partial charge in [-0.1, -0.05) is 36.4 Å². The highest BCUT2D eigenvalue weighted by atomic mass is 16.5. The van der Waals surface area contributed by atoms with Gasteiger partial charge in [-0.15, -0.1) is 0 Å². The molecule has 4 rings (SSSR count). The molecule has 2 aliphatic carbocycles. The number of benzene rings is 2. The van der Waals surface area contributed by atoms with Gasteiger partial charge in [0.15, 0.2) is 0 Å². The summed E-state index contributed by atoms with van der Waals surface area (Å²) in [5.74, 6) is 1.70. The summed E-state index contributed by atoms with van der Waals surface area (Å²) in [5, 5.41) is 11.9. The van der Waals surface area contributed by atoms with E-state index in [1.807, 2.05) is 36.4 Å². The second kappa shape index (κ2) is 5.19. The van der Waals surface area contributed by atoms with Crippen LogP contribution in [0.4, 0.5) is 0 Å². The zero-order chi connectivity index (χ0) is 14.2. The van der Waals surface area contributed by atoms with Gasteiger partial charge in [0, 0.05) is 5.92 Å². The third-order valence-corrected chi connectivity index (χ3v) is 4.89. The molecule has 0 N–H and O–H groups in total. The van der Waals surface area contributed by atoms with Crippen LogP contribution < -0.4 is 4.74 Å². The van der Waals surface area contributed by atoms with E-state index in [0.717, 1.165) is 25.0 Å². The van der Waals surface area contributed by atoms with Crippen LogP contribution in [-0.4, -0.2) is 12.2 Å². The van der Waals surface area contributed by atoms with E-state index in [4.69, 9.17) is 4.74 Å². The first-order chi connectivity index (χ1) is 10.3. The smallest absolute Gasteiger partial charge is 0.119 e. The fourth-order valence-corrected chi connectivity index (χ4v) is 3.84. The third-order valence-electron chi connectivity index (χ3n) is 4.89. The number of rotatable bonds is 3. The van der Waals surface area contributed by atoms with Gasteiger partial charge in [0.25, 0.3) is 0 Å². The van der Waals surface area contributed by atoms with E-state index >= 15 is 0 Å². The molecule has 106 valence electrons. The van der Waals surface area contributed by atoms with Gasteiger partial charge in [0.05, 0.1) is 6.10 Å². The van der Waals surface area contributed by atoms with Crippen LogP contribution in [-0.2, 0) is 5.11 Å². The van der Waals surface area contributed by atoms with Gasteiger partial charge < -0.3 is 4.74 Å². The Morgan fingerprint density at radius 1 is 0.905 bits per heavy atom. The van der Waals surface area contributed by atoms with Gasteiger partial charge in [-0.3, -0.25) is 0 Å². The summed E-state index contributed by atoms with van der Waals surface area (Å²) in [6, 6.07) is 19.1. The van der Waals surface area contributed by atoms with Gasteiger partial charge in [0.1, 0.15) is 11.9 Å². The summed E-state index contributed by atoms with van der Waals surface area (Å²) in [6.45, 7) is 0. The summed E-state index contributed by atoms with van der Waals surface area (Å²) in [6.07, 6.45) is 2.70. The molecule has 2 radical (unpaired) electrons. The predicted octanol–water partition coefficient (Wildman–Crippen LogP) is 4.13. The minimum atomic E-state index is -0.409. The molecule has 0 spiro atoms. The maximum atomic E-state index is 11.9. The van der Waals surface area contributed by atoms with Crippen LogP contribution in [0.3, 0.4) is 0 Å². The first-order valence-corrected chi connectivity index (χ1v) is 7.68. The van der Waals surface area contributed by atoms with Crippen LogP contribution in [0.5, 0.6) is 5.75 Å². The largest absolute Gasteiger partial charge is 0.490 e. The van der Waals surface area contributed by atoms with Crippen molar-refractivity contribution in [3.63, 3.8) is 0 Å². The number of ether oxygens (including phenoxy) is 1. The zero-order valence-corrected chi connectivity index (χ0v) is 11.9. The molecule has 0 aromatic heterocycles. The first kappa shape index (κ1) is 12.9. The van der Waals surface area contributed by atoms with Crippen molar-refractivity contribution in [1.82, 2.24) is 0 Å². The van der Waals surface area contributed by atoms with Crippen LogP contribution in [0.15, 0.2) is 48.5 Å². The van der Waals surface area contributed by atoms with Crippen LogP contribution in [0, 0.1) is 17.9 Å². The van der Waals surface area contributed by atoms with Crippen molar-refractivity contribution in [1.29, 1.82) is 0 Å². The van der Waals surface area contributed by atoms with E-state index in [-0.39, 0.29) is 12.0 Å². The minimum absolute atomic E-state index is 0.128. The lowest BCUT2D eigenvalue weighted by Crippen LogP contribution is -2.32. The summed E-state index contributed by atoms with van der Waals surface area (Å²) >= 11 is 0. The van der Waals surface area contributed by atoms with Crippen LogP contribution in [0.1, 0.15) is 19.3 Å². The van der Waals surface area contributed by atoms with E-state index < -0.39 is 6.10 Å². The fourth-order valence-electron chi connectivity index (χ4n) is 3.84. The Balaban J connectivity index is 1.48. The second-order valence-corrected chi connectivity index (χ2v) is 6.24. The lowest BCUT2D eigenvalue weighted by molar-refractivity contribution is -0.00962. The van der Waals surface area contributed by atoms with Crippen LogP contribution in [0.25, 0.3) is 11.1 Å². The molecule has 0 heterocycles. The van der Waals surface area contributed by atoms with Gasteiger partial charge in [0.2, 0.25) is 0 Å². The predicted molar refractivity (Wildman–Crippen MR) is 80.4 cm³/mol. The van der Waals surface area contributed by atoms with Crippen molar-refractivity contribution in [2.45, 2.75) is 31.5 Å². The Morgan fingerprint density at radius 2 is 1.62 bits per heavy atom. The molecule has 2 bridgehead atoms. The van der Waals surface area contributed by atoms with Gasteiger partial charge in [-0.25, -0.2) is 5.11 Å². The standard InChI is InChI=1S/C19H18O2/c20-18-11-13-10-17(18)19(12-13)21-16-8-6-15(7-9-16)14-4-2-1-3-5-14/h2-9,13,17-19H,10-12H2. The van der Waals surface area contributed by atoms with Crippen molar-refractivity contribution < 1.29 is 9.84 Å². The summed E-state index contributed by atoms with van der Waals surface area (Å²) in [5.41, 5.74) is 2.35. The van der Waals surface area contributed by atoms with Crippen molar-refractivity contribution in [2.24, 2.45) is 11.8 Å². The highest BCUT2D eigenvalue weighted by Crippen LogP contribution is 2.46. The Kier molecular flexibility index (Phi) is 3.19. The molecule has 2 aliphatic rings. The van der Waals surface area contributed by atoms with Crippen molar-refractivity contribution in [3.8, 4) is 16.9 Å². The summed E-state index contributed by atoms with van der Waals surface area (Å²) in [7, 11) is 0. The highest BCUT2D eigenvalue weighted by molar-refractivity contribution is 5.63. The number of fused-ring (bicyclic) bond motifs is 2. The van der Waals surface area contributed by atoms with Gasteiger partial charge in [-0.05, 0) is 54.5 Å². The molecule has 2 fully saturated rings. The lowest BCUT2D eigenvalue weighted by Gasteiger charge is -2.25. The summed E-state index contributed by atoms with van der Waals surface area (Å²) < 4.78 is 6.06. The first-order valence-electron chi connectivity index (χ1n) is 7.68. The zero-order valence-electron chi connectivity index (χ0n) is 11.9. The molecule has 2 aromatic carbocycles. The Labute approximate surface area is 125 Å². The molecule has 2 saturated carbocycles. The maximum Gasteiger partial charge on any atom is 0.119 e. The molecule has 4 unspecified atom stereocenters. The van der Waals surface area contributed by atoms with E-state index in [0.29, 0.717) is 5.92 Å². The molecule has 2 nitrogen and oxygen atoms in total. The average molecular weight is 278 g/mol. The van der Waals surface area contributed by atoms with Crippen molar-refractivity contribution in [2.75, 3.05) is 0 Å². The van der Waals surface area contributed by atoms with Gasteiger partial charge >= 0.3 is 0 Å². The fraction of sp³-hybridized carbons (Fsp3) is 0.368. The van der Waals surface area contributed by atoms with Crippen molar-refractivity contribution in [3.05, 3.63) is 54.6 Å². The maximum absolute atomic E-state index is 11.9. The molecule has 4 atom stereocenters. The quantitative estimate of drug-likeness (QED) is 0.830. The summed E-state index contributed by atoms with van der Waals surface area (Å²) in [4.78, 5) is 0. The molecule has 0 aliphatic heterocycles. The minimum Gasteiger partial charge on any atom is -0.490 e. The monoisotopic (exact) mass is 278 g/mol. The van der Waals surface area contributed by atoms with Crippen LogP contribution >= 0.6 is 0 Å². The average Bonchev–Trinajstić information content (AvgIpc) is 3.08. The SMILES string of the molecule is [O]C1CC2CC(Oc3ccc(-c4cc[c]cc4)cc3)C1C2. The molecule has 0 saturated heterocycles. The lowest BCUT2D eigenvalue weighted by atomic mass is 9.95.